The summed E-state index contributed by atoms with van der Waals surface area (Å²) in [6.07, 6.45) is 0. The first-order valence-corrected chi connectivity index (χ1v) is 12.4. The smallest absolute Gasteiger partial charge is 0.261 e. The number of halogens is 1. The second-order valence-electron chi connectivity index (χ2n) is 6.62. The molecule has 0 saturated carbocycles. The van der Waals surface area contributed by atoms with Crippen LogP contribution in [0.3, 0.4) is 0 Å². The summed E-state index contributed by atoms with van der Waals surface area (Å²) < 4.78 is 38.8. The van der Waals surface area contributed by atoms with Gasteiger partial charge in [-0.1, -0.05) is 0 Å². The van der Waals surface area contributed by atoms with E-state index in [9.17, 15) is 13.2 Å². The van der Waals surface area contributed by atoms with Crippen LogP contribution in [0.1, 0.15) is 10.4 Å². The fourth-order valence-corrected chi connectivity index (χ4v) is 4.74. The van der Waals surface area contributed by atoms with Crippen molar-refractivity contribution in [1.82, 2.24) is 5.32 Å². The number of thiocarbonyl (C=S) groups is 1. The van der Waals surface area contributed by atoms with Crippen LogP contribution in [0.2, 0.25) is 0 Å². The molecular weight excluding hydrogens is 577 g/mol. The van der Waals surface area contributed by atoms with Gasteiger partial charge in [0.25, 0.3) is 15.9 Å². The molecule has 0 atom stereocenters. The quantitative estimate of drug-likeness (QED) is 0.277. The Bertz CT molecular complexity index is 1260. The number of amides is 1. The Labute approximate surface area is 210 Å². The fourth-order valence-electron chi connectivity index (χ4n) is 2.74. The van der Waals surface area contributed by atoms with E-state index in [1.807, 2.05) is 0 Å². The van der Waals surface area contributed by atoms with Crippen molar-refractivity contribution < 1.29 is 22.7 Å². The molecule has 0 saturated heterocycles. The number of sulfonamides is 1. The molecule has 1 amide bonds. The Kier molecular flexibility index (Phi) is 8.10. The predicted molar refractivity (Wildman–Crippen MR) is 140 cm³/mol. The first-order valence-electron chi connectivity index (χ1n) is 9.44. The first kappa shape index (κ1) is 24.7. The molecule has 0 spiro atoms. The highest BCUT2D eigenvalue weighted by Crippen LogP contribution is 2.22. The van der Waals surface area contributed by atoms with Gasteiger partial charge >= 0.3 is 0 Å². The summed E-state index contributed by atoms with van der Waals surface area (Å²) in [5.74, 6) is 0.915. The van der Waals surface area contributed by atoms with E-state index in [1.54, 1.807) is 61.7 Å². The summed E-state index contributed by atoms with van der Waals surface area (Å²) in [6, 6.07) is 17.5. The Balaban J connectivity index is 1.61. The van der Waals surface area contributed by atoms with Crippen LogP contribution in [0.5, 0.6) is 11.5 Å². The SMILES string of the molecule is COc1ccc(NS(=O)(=O)c2ccc(NC(=S)NC(=O)c3ccc(OC)c(I)c3)cc2)cc1. The van der Waals surface area contributed by atoms with Crippen molar-refractivity contribution in [2.75, 3.05) is 24.3 Å². The van der Waals surface area contributed by atoms with E-state index in [0.29, 0.717) is 28.4 Å². The molecule has 0 fully saturated rings. The van der Waals surface area contributed by atoms with E-state index in [4.69, 9.17) is 21.7 Å². The van der Waals surface area contributed by atoms with Gasteiger partial charge < -0.3 is 14.8 Å². The third-order valence-electron chi connectivity index (χ3n) is 4.41. The molecular formula is C22H20IN3O5S2. The third kappa shape index (κ3) is 6.55. The summed E-state index contributed by atoms with van der Waals surface area (Å²) in [5.41, 5.74) is 1.36. The van der Waals surface area contributed by atoms with Crippen LogP contribution in [-0.4, -0.2) is 33.7 Å². The van der Waals surface area contributed by atoms with Crippen LogP contribution in [0, 0.1) is 3.57 Å². The van der Waals surface area contributed by atoms with Crippen molar-refractivity contribution in [2.24, 2.45) is 0 Å². The minimum atomic E-state index is -3.78. The topological polar surface area (TPSA) is 106 Å². The van der Waals surface area contributed by atoms with E-state index in [-0.39, 0.29) is 15.9 Å². The van der Waals surface area contributed by atoms with Crippen LogP contribution >= 0.6 is 34.8 Å². The molecule has 0 aromatic heterocycles. The van der Waals surface area contributed by atoms with Gasteiger partial charge in [0.15, 0.2) is 5.11 Å². The van der Waals surface area contributed by atoms with Crippen molar-refractivity contribution in [3.63, 3.8) is 0 Å². The lowest BCUT2D eigenvalue weighted by atomic mass is 10.2. The highest BCUT2D eigenvalue weighted by atomic mass is 127. The summed E-state index contributed by atoms with van der Waals surface area (Å²) in [5, 5.41) is 5.54. The number of carbonyl (C=O) groups excluding carboxylic acids is 1. The van der Waals surface area contributed by atoms with Crippen LogP contribution in [-0.2, 0) is 10.0 Å². The fraction of sp³-hybridized carbons (Fsp3) is 0.0909. The largest absolute Gasteiger partial charge is 0.497 e. The maximum atomic E-state index is 12.6. The average molecular weight is 597 g/mol. The normalized spacial score (nSPS) is 10.8. The molecule has 3 aromatic rings. The monoisotopic (exact) mass is 597 g/mol. The Morgan fingerprint density at radius 2 is 1.55 bits per heavy atom. The summed E-state index contributed by atoms with van der Waals surface area (Å²) in [7, 11) is -0.684. The number of hydrogen-bond acceptors (Lipinski definition) is 6. The lowest BCUT2D eigenvalue weighted by Crippen LogP contribution is -2.34. The van der Waals surface area contributed by atoms with E-state index in [2.05, 4.69) is 37.9 Å². The zero-order valence-corrected chi connectivity index (χ0v) is 21.4. The number of benzene rings is 3. The van der Waals surface area contributed by atoms with Gasteiger partial charge in [-0.2, -0.15) is 0 Å². The Morgan fingerprint density at radius 1 is 0.909 bits per heavy atom. The molecule has 0 heterocycles. The van der Waals surface area contributed by atoms with Gasteiger partial charge in [-0.25, -0.2) is 8.42 Å². The number of nitrogens with one attached hydrogen (secondary N) is 3. The second kappa shape index (κ2) is 10.8. The minimum Gasteiger partial charge on any atom is -0.497 e. The average Bonchev–Trinajstić information content (AvgIpc) is 2.79. The second-order valence-corrected chi connectivity index (χ2v) is 9.87. The summed E-state index contributed by atoms with van der Waals surface area (Å²) in [4.78, 5) is 12.5. The molecule has 33 heavy (non-hydrogen) atoms. The molecule has 3 aromatic carbocycles. The van der Waals surface area contributed by atoms with Gasteiger partial charge in [-0.15, -0.1) is 0 Å². The Morgan fingerprint density at radius 3 is 2.12 bits per heavy atom. The molecule has 172 valence electrons. The zero-order chi connectivity index (χ0) is 24.0. The van der Waals surface area contributed by atoms with Crippen LogP contribution in [0.25, 0.3) is 0 Å². The van der Waals surface area contributed by atoms with Crippen LogP contribution in [0.15, 0.2) is 71.6 Å². The van der Waals surface area contributed by atoms with Gasteiger partial charge in [0.2, 0.25) is 0 Å². The molecule has 11 heteroatoms. The van der Waals surface area contributed by atoms with E-state index in [0.717, 1.165) is 3.57 Å². The van der Waals surface area contributed by atoms with Crippen molar-refractivity contribution >= 4 is 67.2 Å². The number of ether oxygens (including phenoxy) is 2. The highest BCUT2D eigenvalue weighted by molar-refractivity contribution is 14.1. The van der Waals surface area contributed by atoms with Gasteiger partial charge in [0, 0.05) is 16.9 Å². The van der Waals surface area contributed by atoms with Crippen LogP contribution in [0.4, 0.5) is 11.4 Å². The molecule has 0 aliphatic carbocycles. The van der Waals surface area contributed by atoms with Crippen molar-refractivity contribution in [2.45, 2.75) is 4.90 Å². The lowest BCUT2D eigenvalue weighted by molar-refractivity contribution is 0.0977. The molecule has 8 nitrogen and oxygen atoms in total. The number of anilines is 2. The first-order chi connectivity index (χ1) is 15.7. The van der Waals surface area contributed by atoms with E-state index in [1.165, 1.54) is 19.2 Å². The number of methoxy groups -OCH3 is 2. The summed E-state index contributed by atoms with van der Waals surface area (Å²) >= 11 is 7.27. The zero-order valence-electron chi connectivity index (χ0n) is 17.6. The third-order valence-corrected chi connectivity index (χ3v) is 6.85. The molecule has 0 aliphatic rings. The maximum absolute atomic E-state index is 12.6. The molecule has 0 bridgehead atoms. The molecule has 3 rings (SSSR count). The molecule has 0 aliphatic heterocycles. The van der Waals surface area contributed by atoms with Gasteiger partial charge in [-0.05, 0) is 102 Å². The van der Waals surface area contributed by atoms with Crippen molar-refractivity contribution in [1.29, 1.82) is 0 Å². The lowest BCUT2D eigenvalue weighted by Gasteiger charge is -2.12. The number of rotatable bonds is 7. The van der Waals surface area contributed by atoms with E-state index < -0.39 is 10.0 Å². The maximum Gasteiger partial charge on any atom is 0.261 e. The van der Waals surface area contributed by atoms with Gasteiger partial charge in [0.05, 0.1) is 22.7 Å². The van der Waals surface area contributed by atoms with Crippen LogP contribution < -0.4 is 24.8 Å². The highest BCUT2D eigenvalue weighted by Gasteiger charge is 2.15. The molecule has 0 radical (unpaired) electrons. The van der Waals surface area contributed by atoms with Gasteiger partial charge in [0.1, 0.15) is 11.5 Å². The van der Waals surface area contributed by atoms with E-state index >= 15 is 0 Å². The molecule has 0 unspecified atom stereocenters. The minimum absolute atomic E-state index is 0.0756. The summed E-state index contributed by atoms with van der Waals surface area (Å²) in [6.45, 7) is 0. The van der Waals surface area contributed by atoms with Crippen molar-refractivity contribution in [3.8, 4) is 11.5 Å². The number of hydrogen-bond donors (Lipinski definition) is 3. The Hall–Kier alpha value is -2.90. The van der Waals surface area contributed by atoms with Crippen molar-refractivity contribution in [3.05, 3.63) is 75.9 Å². The standard InChI is InChI=1S/C22H20IN3O5S2/c1-30-17-8-4-16(5-9-17)26-33(28,29)18-10-6-15(7-11-18)24-22(32)25-21(27)14-3-12-20(31-2)19(23)13-14/h3-13,26H,1-2H3,(H2,24,25,27,32). The predicted octanol–water partition coefficient (Wildman–Crippen LogP) is 4.24. The van der Waals surface area contributed by atoms with Gasteiger partial charge in [-0.3, -0.25) is 14.8 Å². The number of carbonyl (C=O) groups is 1. The molecule has 3 N–H and O–H groups in total.